The lowest BCUT2D eigenvalue weighted by molar-refractivity contribution is 0.0942. The van der Waals surface area contributed by atoms with Gasteiger partial charge >= 0.3 is 0 Å². The van der Waals surface area contributed by atoms with Crippen LogP contribution in [0, 0.1) is 11.8 Å². The first-order valence-corrected chi connectivity index (χ1v) is 10.0. The van der Waals surface area contributed by atoms with Crippen LogP contribution in [0.25, 0.3) is 0 Å². The number of aromatic nitrogens is 2. The molecule has 2 fully saturated rings. The van der Waals surface area contributed by atoms with E-state index in [4.69, 9.17) is 4.74 Å². The van der Waals surface area contributed by atoms with E-state index >= 15 is 0 Å². The summed E-state index contributed by atoms with van der Waals surface area (Å²) in [6.07, 6.45) is 5.45. The maximum absolute atomic E-state index is 11.3. The molecule has 0 saturated carbocycles. The second-order valence-electron chi connectivity index (χ2n) is 7.03. The van der Waals surface area contributed by atoms with Crippen molar-refractivity contribution in [3.63, 3.8) is 0 Å². The molecule has 0 aliphatic carbocycles. The van der Waals surface area contributed by atoms with Gasteiger partial charge in [0.25, 0.3) is 0 Å². The molecule has 1 aromatic heterocycles. The van der Waals surface area contributed by atoms with Crippen molar-refractivity contribution < 1.29 is 13.2 Å². The van der Waals surface area contributed by atoms with Crippen molar-refractivity contribution in [2.45, 2.75) is 32.5 Å². The molecule has 0 amide bonds. The number of nitrogens with zero attached hydrogens (tertiary/aromatic N) is 3. The van der Waals surface area contributed by atoms with Crippen LogP contribution in [-0.4, -0.2) is 61.7 Å². The van der Waals surface area contributed by atoms with Gasteiger partial charge in [-0.15, -0.1) is 0 Å². The standard InChI is InChI=1S/C15H26N4O3S/c1-11(2)19-7-12(4-16-19)6-18-8-14-13(5-17-23(3,20)21)10-22-15(14)9-18/h4,7,11,13-15,17H,5-6,8-10H2,1-3H3/t13-,14+,15+/m0/s1. The maximum Gasteiger partial charge on any atom is 0.208 e. The molecule has 2 aliphatic rings. The van der Waals surface area contributed by atoms with Crippen molar-refractivity contribution in [2.75, 3.05) is 32.5 Å². The lowest BCUT2D eigenvalue weighted by Gasteiger charge is -2.19. The van der Waals surface area contributed by atoms with Crippen LogP contribution in [0.1, 0.15) is 25.5 Å². The van der Waals surface area contributed by atoms with Gasteiger partial charge in [0.05, 0.1) is 25.2 Å². The third-order valence-electron chi connectivity index (χ3n) is 4.71. The first-order chi connectivity index (χ1) is 10.8. The second kappa shape index (κ2) is 6.51. The quantitative estimate of drug-likeness (QED) is 0.813. The fourth-order valence-corrected chi connectivity index (χ4v) is 3.99. The van der Waals surface area contributed by atoms with Crippen LogP contribution < -0.4 is 4.72 Å². The van der Waals surface area contributed by atoms with E-state index in [1.807, 2.05) is 10.9 Å². The van der Waals surface area contributed by atoms with Crippen molar-refractivity contribution in [2.24, 2.45) is 11.8 Å². The molecule has 0 bridgehead atoms. The van der Waals surface area contributed by atoms with Crippen molar-refractivity contribution in [1.29, 1.82) is 0 Å². The van der Waals surface area contributed by atoms with E-state index in [0.29, 0.717) is 25.1 Å². The van der Waals surface area contributed by atoms with E-state index in [-0.39, 0.29) is 12.0 Å². The molecule has 8 heteroatoms. The highest BCUT2D eigenvalue weighted by atomic mass is 32.2. The van der Waals surface area contributed by atoms with Gasteiger partial charge in [0.2, 0.25) is 10.0 Å². The lowest BCUT2D eigenvalue weighted by atomic mass is 9.93. The summed E-state index contributed by atoms with van der Waals surface area (Å²) in [4.78, 5) is 2.38. The van der Waals surface area contributed by atoms with E-state index in [1.165, 1.54) is 11.8 Å². The Balaban J connectivity index is 1.55. The zero-order valence-electron chi connectivity index (χ0n) is 14.0. The molecule has 7 nitrogen and oxygen atoms in total. The van der Waals surface area contributed by atoms with E-state index < -0.39 is 10.0 Å². The van der Waals surface area contributed by atoms with Gasteiger partial charge in [-0.25, -0.2) is 13.1 Å². The van der Waals surface area contributed by atoms with E-state index in [1.54, 1.807) is 0 Å². The summed E-state index contributed by atoms with van der Waals surface area (Å²) < 4.78 is 33.0. The van der Waals surface area contributed by atoms with Gasteiger partial charge in [0.15, 0.2) is 0 Å². The summed E-state index contributed by atoms with van der Waals surface area (Å²) in [6, 6.07) is 0.372. The van der Waals surface area contributed by atoms with Gasteiger partial charge in [0, 0.05) is 55.8 Å². The summed E-state index contributed by atoms with van der Waals surface area (Å²) in [6.45, 7) is 8.08. The van der Waals surface area contributed by atoms with Gasteiger partial charge in [-0.1, -0.05) is 0 Å². The molecule has 3 atom stereocenters. The Morgan fingerprint density at radius 2 is 2.22 bits per heavy atom. The van der Waals surface area contributed by atoms with Crippen molar-refractivity contribution in [3.8, 4) is 0 Å². The highest BCUT2D eigenvalue weighted by molar-refractivity contribution is 7.88. The summed E-state index contributed by atoms with van der Waals surface area (Å²) >= 11 is 0. The molecule has 2 aliphatic heterocycles. The fourth-order valence-electron chi connectivity index (χ4n) is 3.48. The summed E-state index contributed by atoms with van der Waals surface area (Å²) in [5, 5.41) is 4.38. The summed E-state index contributed by atoms with van der Waals surface area (Å²) in [5.74, 6) is 0.669. The molecule has 2 saturated heterocycles. The number of nitrogens with one attached hydrogen (secondary N) is 1. The number of hydrogen-bond donors (Lipinski definition) is 1. The highest BCUT2D eigenvalue weighted by Gasteiger charge is 2.43. The Hall–Kier alpha value is -0.960. The molecule has 130 valence electrons. The number of rotatable bonds is 6. The summed E-state index contributed by atoms with van der Waals surface area (Å²) in [7, 11) is -3.14. The largest absolute Gasteiger partial charge is 0.376 e. The van der Waals surface area contributed by atoms with Crippen molar-refractivity contribution in [3.05, 3.63) is 18.0 Å². The Morgan fingerprint density at radius 3 is 2.87 bits per heavy atom. The average molecular weight is 342 g/mol. The van der Waals surface area contributed by atoms with Crippen LogP contribution in [0.2, 0.25) is 0 Å². The predicted octanol–water partition coefficient (Wildman–Crippen LogP) is 0.460. The molecular formula is C15H26N4O3S. The van der Waals surface area contributed by atoms with Gasteiger partial charge < -0.3 is 4.74 Å². The second-order valence-corrected chi connectivity index (χ2v) is 8.87. The van der Waals surface area contributed by atoms with E-state index in [0.717, 1.165) is 19.6 Å². The predicted molar refractivity (Wildman–Crippen MR) is 87.5 cm³/mol. The topological polar surface area (TPSA) is 76.5 Å². The van der Waals surface area contributed by atoms with Crippen LogP contribution >= 0.6 is 0 Å². The SMILES string of the molecule is CC(C)n1cc(CN2C[C@@H]3[C@@H](CNS(C)(=O)=O)CO[C@@H]3C2)cn1. The number of sulfonamides is 1. The minimum atomic E-state index is -3.14. The monoisotopic (exact) mass is 342 g/mol. The Morgan fingerprint density at radius 1 is 1.43 bits per heavy atom. The third kappa shape index (κ3) is 4.12. The Kier molecular flexibility index (Phi) is 4.78. The van der Waals surface area contributed by atoms with Gasteiger partial charge in [0.1, 0.15) is 0 Å². The van der Waals surface area contributed by atoms with Gasteiger partial charge in [-0.05, 0) is 13.8 Å². The van der Waals surface area contributed by atoms with Crippen LogP contribution in [0.3, 0.4) is 0 Å². The first-order valence-electron chi connectivity index (χ1n) is 8.13. The highest BCUT2D eigenvalue weighted by Crippen LogP contribution is 2.34. The number of hydrogen-bond acceptors (Lipinski definition) is 5. The van der Waals surface area contributed by atoms with Crippen LogP contribution in [0.4, 0.5) is 0 Å². The molecular weight excluding hydrogens is 316 g/mol. The third-order valence-corrected chi connectivity index (χ3v) is 5.40. The minimum Gasteiger partial charge on any atom is -0.376 e. The van der Waals surface area contributed by atoms with Crippen LogP contribution in [0.15, 0.2) is 12.4 Å². The molecule has 3 rings (SSSR count). The number of ether oxygens (including phenoxy) is 1. The van der Waals surface area contributed by atoms with Gasteiger partial charge in [-0.3, -0.25) is 9.58 Å². The Labute approximate surface area is 138 Å². The first kappa shape index (κ1) is 16.9. The van der Waals surface area contributed by atoms with Crippen LogP contribution in [0.5, 0.6) is 0 Å². The number of likely N-dealkylation sites (tertiary alicyclic amines) is 1. The zero-order chi connectivity index (χ0) is 16.6. The van der Waals surface area contributed by atoms with Crippen LogP contribution in [-0.2, 0) is 21.3 Å². The van der Waals surface area contributed by atoms with E-state index in [9.17, 15) is 8.42 Å². The molecule has 1 aromatic rings. The minimum absolute atomic E-state index is 0.224. The smallest absolute Gasteiger partial charge is 0.208 e. The molecule has 0 radical (unpaired) electrons. The van der Waals surface area contributed by atoms with Crippen molar-refractivity contribution >= 4 is 10.0 Å². The molecule has 23 heavy (non-hydrogen) atoms. The number of fused-ring (bicyclic) bond motifs is 1. The zero-order valence-corrected chi connectivity index (χ0v) is 14.8. The van der Waals surface area contributed by atoms with Gasteiger partial charge in [-0.2, -0.15) is 5.10 Å². The van der Waals surface area contributed by atoms with E-state index in [2.05, 4.69) is 34.8 Å². The maximum atomic E-state index is 11.3. The molecule has 0 spiro atoms. The molecule has 0 aromatic carbocycles. The summed E-state index contributed by atoms with van der Waals surface area (Å²) in [5.41, 5.74) is 1.21. The average Bonchev–Trinajstić information content (AvgIpc) is 3.11. The lowest BCUT2D eigenvalue weighted by Crippen LogP contribution is -2.33. The fraction of sp³-hybridized carbons (Fsp3) is 0.800. The normalized spacial score (nSPS) is 28.6. The molecule has 3 heterocycles. The Bertz CT molecular complexity index is 643. The van der Waals surface area contributed by atoms with Crippen molar-refractivity contribution in [1.82, 2.24) is 19.4 Å². The molecule has 1 N–H and O–H groups in total. The molecule has 0 unspecified atom stereocenters.